The van der Waals surface area contributed by atoms with Gasteiger partial charge in [-0.15, -0.1) is 0 Å². The maximum atomic E-state index is 11.5. The first kappa shape index (κ1) is 14.0. The second-order valence-corrected chi connectivity index (χ2v) is 4.82. The first-order valence-electron chi connectivity index (χ1n) is 4.86. The quantitative estimate of drug-likeness (QED) is 0.826. The van der Waals surface area contributed by atoms with E-state index in [0.29, 0.717) is 16.4 Å². The smallest absolute Gasteiger partial charge is 0.226 e. The van der Waals surface area contributed by atoms with E-state index in [9.17, 15) is 13.6 Å². The Kier molecular flexibility index (Phi) is 4.92. The molecule has 0 fully saturated rings. The van der Waals surface area contributed by atoms with Crippen LogP contribution >= 0.6 is 11.6 Å². The molecule has 2 N–H and O–H groups in total. The molecular weight excluding hydrogens is 264 g/mol. The predicted molar refractivity (Wildman–Crippen MR) is 67.5 cm³/mol. The highest BCUT2D eigenvalue weighted by Crippen LogP contribution is 2.23. The minimum Gasteiger partial charge on any atom is -0.755 e. The van der Waals surface area contributed by atoms with E-state index in [1.54, 1.807) is 19.9 Å². The molecular formula is C10H12ClN2O3S-. The van der Waals surface area contributed by atoms with Crippen LogP contribution < -0.4 is 10.0 Å². The van der Waals surface area contributed by atoms with Gasteiger partial charge in [-0.05, 0) is 18.2 Å². The molecule has 1 aromatic carbocycles. The third kappa shape index (κ3) is 4.72. The van der Waals surface area contributed by atoms with Gasteiger partial charge in [-0.2, -0.15) is 0 Å². The maximum absolute atomic E-state index is 11.5. The molecule has 0 saturated heterocycles. The monoisotopic (exact) mass is 275 g/mol. The lowest BCUT2D eigenvalue weighted by molar-refractivity contribution is -0.118. The van der Waals surface area contributed by atoms with E-state index in [4.69, 9.17) is 11.6 Å². The fourth-order valence-corrected chi connectivity index (χ4v) is 1.65. The molecule has 1 rings (SSSR count). The zero-order valence-corrected chi connectivity index (χ0v) is 10.9. The number of anilines is 2. The maximum Gasteiger partial charge on any atom is 0.226 e. The van der Waals surface area contributed by atoms with Crippen molar-refractivity contribution in [2.45, 2.75) is 13.8 Å². The summed E-state index contributed by atoms with van der Waals surface area (Å²) in [6.45, 7) is 3.51. The molecule has 17 heavy (non-hydrogen) atoms. The minimum absolute atomic E-state index is 0.165. The largest absolute Gasteiger partial charge is 0.755 e. The van der Waals surface area contributed by atoms with Gasteiger partial charge in [0.2, 0.25) is 5.91 Å². The minimum atomic E-state index is -2.43. The summed E-state index contributed by atoms with van der Waals surface area (Å²) >= 11 is 3.38. The Bertz CT molecular complexity index is 451. The van der Waals surface area contributed by atoms with Crippen LogP contribution in [-0.4, -0.2) is 14.7 Å². The van der Waals surface area contributed by atoms with E-state index in [-0.39, 0.29) is 11.8 Å². The lowest BCUT2D eigenvalue weighted by Crippen LogP contribution is -2.17. The van der Waals surface area contributed by atoms with Crippen LogP contribution in [0, 0.1) is 5.92 Å². The average Bonchev–Trinajstić information content (AvgIpc) is 2.14. The van der Waals surface area contributed by atoms with E-state index >= 15 is 0 Å². The lowest BCUT2D eigenvalue weighted by Gasteiger charge is -2.12. The van der Waals surface area contributed by atoms with E-state index in [0.717, 1.165) is 0 Å². The predicted octanol–water partition coefficient (Wildman–Crippen LogP) is 2.14. The van der Waals surface area contributed by atoms with Gasteiger partial charge in [-0.1, -0.05) is 25.4 Å². The van der Waals surface area contributed by atoms with Crippen LogP contribution in [0.3, 0.4) is 0 Å². The topological polar surface area (TPSA) is 81.3 Å². The molecule has 5 nitrogen and oxygen atoms in total. The molecule has 0 saturated carbocycles. The standard InChI is InChI=1S/C10H13ClN2O3S/c1-6(2)10(14)12-8-3-7(11)4-9(5-8)13-17(15)16/h3-6,13H,1-2H3,(H,12,14)(H,15,16)/p-1. The molecule has 0 heterocycles. The first-order chi connectivity index (χ1) is 7.88. The van der Waals surface area contributed by atoms with Crippen LogP contribution in [0.1, 0.15) is 13.8 Å². The number of amides is 1. The SMILES string of the molecule is CC(C)C(=O)Nc1cc(Cl)cc(NS(=O)[O-])c1. The van der Waals surface area contributed by atoms with Crippen molar-refractivity contribution < 1.29 is 13.6 Å². The van der Waals surface area contributed by atoms with E-state index in [1.165, 1.54) is 12.1 Å². The van der Waals surface area contributed by atoms with Crippen LogP contribution in [0.5, 0.6) is 0 Å². The summed E-state index contributed by atoms with van der Waals surface area (Å²) in [6.07, 6.45) is 0. The zero-order chi connectivity index (χ0) is 13.0. The summed E-state index contributed by atoms with van der Waals surface area (Å²) in [6, 6.07) is 4.48. The molecule has 1 atom stereocenters. The van der Waals surface area contributed by atoms with E-state index in [2.05, 4.69) is 10.0 Å². The van der Waals surface area contributed by atoms with Gasteiger partial charge in [0.05, 0.1) is 0 Å². The number of benzene rings is 1. The molecule has 0 aromatic heterocycles. The number of nitrogens with one attached hydrogen (secondary N) is 2. The molecule has 0 aliphatic carbocycles. The van der Waals surface area contributed by atoms with Crippen molar-refractivity contribution in [3.63, 3.8) is 0 Å². The second kappa shape index (κ2) is 6.00. The summed E-state index contributed by atoms with van der Waals surface area (Å²) in [5, 5.41) is 2.96. The van der Waals surface area contributed by atoms with Crippen molar-refractivity contribution in [3.8, 4) is 0 Å². The summed E-state index contributed by atoms with van der Waals surface area (Å²) in [5.41, 5.74) is 0.744. The van der Waals surface area contributed by atoms with Crippen molar-refractivity contribution in [1.82, 2.24) is 0 Å². The van der Waals surface area contributed by atoms with Crippen LogP contribution in [-0.2, 0) is 16.1 Å². The Morgan fingerprint density at radius 2 is 1.94 bits per heavy atom. The molecule has 0 aliphatic heterocycles. The average molecular weight is 276 g/mol. The van der Waals surface area contributed by atoms with Crippen molar-refractivity contribution in [2.75, 3.05) is 10.0 Å². The Hall–Kier alpha value is -1.11. The van der Waals surface area contributed by atoms with Gasteiger partial charge in [-0.3, -0.25) is 9.00 Å². The number of carbonyl (C=O) groups is 1. The van der Waals surface area contributed by atoms with Crippen molar-refractivity contribution in [2.24, 2.45) is 5.92 Å². The van der Waals surface area contributed by atoms with E-state index in [1.807, 2.05) is 0 Å². The highest BCUT2D eigenvalue weighted by atomic mass is 35.5. The molecule has 0 bridgehead atoms. The van der Waals surface area contributed by atoms with Crippen LogP contribution in [0.4, 0.5) is 11.4 Å². The fraction of sp³-hybridized carbons (Fsp3) is 0.300. The summed E-state index contributed by atoms with van der Waals surface area (Å²) in [4.78, 5) is 11.5. The summed E-state index contributed by atoms with van der Waals surface area (Å²) < 4.78 is 23.1. The second-order valence-electron chi connectivity index (χ2n) is 3.71. The van der Waals surface area contributed by atoms with Crippen molar-refractivity contribution in [1.29, 1.82) is 0 Å². The van der Waals surface area contributed by atoms with Crippen LogP contribution in [0.15, 0.2) is 18.2 Å². The van der Waals surface area contributed by atoms with Gasteiger partial charge in [-0.25, -0.2) is 0 Å². The number of hydrogen-bond donors (Lipinski definition) is 2. The molecule has 1 aromatic rings. The number of rotatable bonds is 4. The fourth-order valence-electron chi connectivity index (χ4n) is 1.10. The lowest BCUT2D eigenvalue weighted by atomic mass is 10.2. The molecule has 94 valence electrons. The summed E-state index contributed by atoms with van der Waals surface area (Å²) in [7, 11) is 0. The third-order valence-corrected chi connectivity index (χ3v) is 2.51. The van der Waals surface area contributed by atoms with Gasteiger partial charge in [0.1, 0.15) is 0 Å². The normalized spacial score (nSPS) is 12.3. The number of hydrogen-bond acceptors (Lipinski definition) is 3. The Labute approximate surface area is 107 Å². The molecule has 0 spiro atoms. The van der Waals surface area contributed by atoms with Gasteiger partial charge in [0.15, 0.2) is 0 Å². The van der Waals surface area contributed by atoms with Gasteiger partial charge >= 0.3 is 0 Å². The van der Waals surface area contributed by atoms with E-state index < -0.39 is 11.3 Å². The molecule has 1 unspecified atom stereocenters. The molecule has 0 aliphatic rings. The van der Waals surface area contributed by atoms with Gasteiger partial charge in [0.25, 0.3) is 0 Å². The first-order valence-corrected chi connectivity index (χ1v) is 6.31. The third-order valence-electron chi connectivity index (χ3n) is 1.89. The van der Waals surface area contributed by atoms with Gasteiger partial charge < -0.3 is 14.6 Å². The molecule has 0 radical (unpaired) electrons. The Balaban J connectivity index is 2.89. The highest BCUT2D eigenvalue weighted by molar-refractivity contribution is 7.80. The van der Waals surface area contributed by atoms with Crippen molar-refractivity contribution in [3.05, 3.63) is 23.2 Å². The zero-order valence-electron chi connectivity index (χ0n) is 9.32. The van der Waals surface area contributed by atoms with Gasteiger partial charge in [0, 0.05) is 33.6 Å². The Morgan fingerprint density at radius 3 is 2.47 bits per heavy atom. The van der Waals surface area contributed by atoms with Crippen LogP contribution in [0.25, 0.3) is 0 Å². The van der Waals surface area contributed by atoms with Crippen molar-refractivity contribution >= 4 is 40.1 Å². The summed E-state index contributed by atoms with van der Waals surface area (Å²) in [5.74, 6) is -0.333. The number of carbonyl (C=O) groups excluding carboxylic acids is 1. The molecule has 7 heteroatoms. The Morgan fingerprint density at radius 1 is 1.35 bits per heavy atom. The number of halogens is 1. The highest BCUT2D eigenvalue weighted by Gasteiger charge is 2.08. The van der Waals surface area contributed by atoms with Crippen LogP contribution in [0.2, 0.25) is 5.02 Å². The molecule has 1 amide bonds.